The van der Waals surface area contributed by atoms with E-state index in [9.17, 15) is 31.1 Å². The van der Waals surface area contributed by atoms with Crippen molar-refractivity contribution in [3.05, 3.63) is 83.4 Å². The summed E-state index contributed by atoms with van der Waals surface area (Å²) in [6.45, 7) is 1.36. The average molecular weight is 454 g/mol. The molecule has 0 aliphatic rings. The van der Waals surface area contributed by atoms with Gasteiger partial charge in [-0.3, -0.25) is 14.5 Å². The summed E-state index contributed by atoms with van der Waals surface area (Å²) in [5.74, 6) is -0.520. The third-order valence-electron chi connectivity index (χ3n) is 4.50. The number of anilines is 1. The Hall–Kier alpha value is -3.63. The number of halogens is 6. The van der Waals surface area contributed by atoms with Crippen LogP contribution in [0, 0.1) is 0 Å². The highest BCUT2D eigenvalue weighted by Crippen LogP contribution is 2.39. The zero-order chi connectivity index (χ0) is 23.5. The maximum atomic E-state index is 13.4. The fourth-order valence-corrected chi connectivity index (χ4v) is 2.92. The second kappa shape index (κ2) is 8.85. The first-order chi connectivity index (χ1) is 14.9. The summed E-state index contributed by atoms with van der Waals surface area (Å²) in [4.78, 5) is 16.1. The van der Waals surface area contributed by atoms with Gasteiger partial charge in [-0.2, -0.15) is 31.4 Å². The predicted octanol–water partition coefficient (Wildman–Crippen LogP) is 5.58. The lowest BCUT2D eigenvalue weighted by molar-refractivity contribution is -0.143. The number of hydrogen-bond donors (Lipinski definition) is 1. The van der Waals surface area contributed by atoms with E-state index in [1.165, 1.54) is 31.5 Å². The Morgan fingerprint density at radius 1 is 1.09 bits per heavy atom. The number of carbonyl (C=O) groups excluding carboxylic acids is 1. The molecule has 2 aromatic heterocycles. The van der Waals surface area contributed by atoms with Gasteiger partial charge in [-0.05, 0) is 42.8 Å². The molecule has 32 heavy (non-hydrogen) atoms. The van der Waals surface area contributed by atoms with Crippen LogP contribution in [-0.2, 0) is 17.1 Å². The largest absolute Gasteiger partial charge is 0.416 e. The molecule has 2 heterocycles. The summed E-state index contributed by atoms with van der Waals surface area (Å²) in [5.41, 5.74) is -2.43. The number of pyridine rings is 1. The van der Waals surface area contributed by atoms with E-state index >= 15 is 0 Å². The van der Waals surface area contributed by atoms with Crippen LogP contribution >= 0.6 is 0 Å². The number of rotatable bonds is 5. The van der Waals surface area contributed by atoms with Crippen LogP contribution in [0.25, 0.3) is 6.08 Å². The molecule has 3 aromatic rings. The first-order valence-corrected chi connectivity index (χ1v) is 9.18. The van der Waals surface area contributed by atoms with E-state index in [2.05, 4.69) is 15.4 Å². The van der Waals surface area contributed by atoms with E-state index in [4.69, 9.17) is 0 Å². The van der Waals surface area contributed by atoms with E-state index in [0.29, 0.717) is 11.8 Å². The summed E-state index contributed by atoms with van der Waals surface area (Å²) in [6, 6.07) is 5.55. The van der Waals surface area contributed by atoms with Gasteiger partial charge in [0, 0.05) is 18.5 Å². The van der Waals surface area contributed by atoms with Gasteiger partial charge in [0.25, 0.3) is 0 Å². The van der Waals surface area contributed by atoms with Crippen LogP contribution in [0.1, 0.15) is 35.3 Å². The Balaban J connectivity index is 1.80. The quantitative estimate of drug-likeness (QED) is 0.405. The number of hydrogen-bond acceptors (Lipinski definition) is 3. The molecule has 0 bridgehead atoms. The minimum atomic E-state index is -4.99. The molecule has 5 nitrogen and oxygen atoms in total. The highest BCUT2D eigenvalue weighted by molar-refractivity contribution is 6.01. The third kappa shape index (κ3) is 5.54. The maximum Gasteiger partial charge on any atom is 0.416 e. The molecule has 3 rings (SSSR count). The van der Waals surface area contributed by atoms with Crippen molar-refractivity contribution in [3.63, 3.8) is 0 Å². The van der Waals surface area contributed by atoms with Crippen molar-refractivity contribution < 1.29 is 31.1 Å². The predicted molar refractivity (Wildman–Crippen MR) is 104 cm³/mol. The van der Waals surface area contributed by atoms with Gasteiger partial charge >= 0.3 is 12.4 Å². The summed E-state index contributed by atoms with van der Waals surface area (Å²) in [5, 5.41) is 6.44. The zero-order valence-electron chi connectivity index (χ0n) is 16.4. The zero-order valence-corrected chi connectivity index (χ0v) is 16.4. The second-order valence-electron chi connectivity index (χ2n) is 6.76. The monoisotopic (exact) mass is 454 g/mol. The highest BCUT2D eigenvalue weighted by Gasteiger charge is 2.39. The molecule has 0 radical (unpaired) electrons. The average Bonchev–Trinajstić information content (AvgIpc) is 3.19. The van der Waals surface area contributed by atoms with Gasteiger partial charge in [-0.1, -0.05) is 12.1 Å². The summed E-state index contributed by atoms with van der Waals surface area (Å²) in [6.07, 6.45) is -3.14. The number of nitrogens with zero attached hydrogens (tertiary/aromatic N) is 3. The molecule has 0 fully saturated rings. The van der Waals surface area contributed by atoms with Crippen molar-refractivity contribution in [2.24, 2.45) is 0 Å². The van der Waals surface area contributed by atoms with E-state index in [-0.39, 0.29) is 17.3 Å². The molecule has 0 aliphatic heterocycles. The second-order valence-corrected chi connectivity index (χ2v) is 6.76. The Bertz CT molecular complexity index is 1120. The minimum absolute atomic E-state index is 0.0838. The Labute approximate surface area is 178 Å². The number of benzene rings is 1. The van der Waals surface area contributed by atoms with Gasteiger partial charge in [-0.25, -0.2) is 0 Å². The number of aromatic nitrogens is 3. The topological polar surface area (TPSA) is 59.8 Å². The molecule has 168 valence electrons. The molecule has 0 aliphatic carbocycles. The van der Waals surface area contributed by atoms with Crippen LogP contribution in [0.3, 0.4) is 0 Å². The van der Waals surface area contributed by atoms with E-state index < -0.39 is 35.4 Å². The molecular formula is C21H16F6N4O. The Morgan fingerprint density at radius 2 is 1.84 bits per heavy atom. The van der Waals surface area contributed by atoms with Gasteiger partial charge in [0.2, 0.25) is 5.91 Å². The summed E-state index contributed by atoms with van der Waals surface area (Å²) < 4.78 is 80.0. The Morgan fingerprint density at radius 3 is 2.47 bits per heavy atom. The highest BCUT2D eigenvalue weighted by atomic mass is 19.4. The van der Waals surface area contributed by atoms with Gasteiger partial charge in [0.05, 0.1) is 34.7 Å². The van der Waals surface area contributed by atoms with Crippen LogP contribution in [0.5, 0.6) is 0 Å². The Kier molecular flexibility index (Phi) is 6.37. The van der Waals surface area contributed by atoms with Gasteiger partial charge in [-0.15, -0.1) is 0 Å². The van der Waals surface area contributed by atoms with Crippen molar-refractivity contribution in [3.8, 4) is 0 Å². The molecule has 1 amide bonds. The molecule has 0 saturated carbocycles. The standard InChI is InChI=1S/C21H16F6N4O/c1-13(17-7-5-14(20(22,23)24)10-18(17)21(25,26)27)31-12-16(11-29-31)30-19(32)8-6-15-4-2-3-9-28-15/h2-13H,1H3,(H,30,32). The molecule has 1 aromatic carbocycles. The molecular weight excluding hydrogens is 438 g/mol. The van der Waals surface area contributed by atoms with Crippen LogP contribution in [-0.4, -0.2) is 20.7 Å². The minimum Gasteiger partial charge on any atom is -0.320 e. The number of amides is 1. The van der Waals surface area contributed by atoms with Gasteiger partial charge < -0.3 is 5.32 Å². The first-order valence-electron chi connectivity index (χ1n) is 9.18. The smallest absolute Gasteiger partial charge is 0.320 e. The normalized spacial score (nSPS) is 13.3. The van der Waals surface area contributed by atoms with E-state index in [0.717, 1.165) is 10.7 Å². The first kappa shape index (κ1) is 23.0. The van der Waals surface area contributed by atoms with Crippen LogP contribution in [0.4, 0.5) is 32.0 Å². The fourth-order valence-electron chi connectivity index (χ4n) is 2.92. The molecule has 11 heteroatoms. The van der Waals surface area contributed by atoms with Gasteiger partial charge in [0.1, 0.15) is 0 Å². The molecule has 1 N–H and O–H groups in total. The van der Waals surface area contributed by atoms with Crippen LogP contribution in [0.2, 0.25) is 0 Å². The maximum absolute atomic E-state index is 13.4. The van der Waals surface area contributed by atoms with Gasteiger partial charge in [0.15, 0.2) is 0 Å². The molecule has 0 spiro atoms. The fraction of sp³-hybridized carbons (Fsp3) is 0.190. The van der Waals surface area contributed by atoms with Crippen LogP contribution in [0.15, 0.2) is 61.1 Å². The molecule has 1 atom stereocenters. The SMILES string of the molecule is CC(c1ccc(C(F)(F)F)cc1C(F)(F)F)n1cc(NC(=O)C=Cc2ccccn2)cn1. The third-order valence-corrected chi connectivity index (χ3v) is 4.50. The molecule has 0 saturated heterocycles. The summed E-state index contributed by atoms with van der Waals surface area (Å²) in [7, 11) is 0. The lowest BCUT2D eigenvalue weighted by Crippen LogP contribution is -2.17. The number of alkyl halides is 6. The van der Waals surface area contributed by atoms with Crippen molar-refractivity contribution in [1.29, 1.82) is 0 Å². The molecule has 1 unspecified atom stereocenters. The van der Waals surface area contributed by atoms with Crippen molar-refractivity contribution >= 4 is 17.7 Å². The number of nitrogens with one attached hydrogen (secondary N) is 1. The van der Waals surface area contributed by atoms with Crippen molar-refractivity contribution in [2.75, 3.05) is 5.32 Å². The van der Waals surface area contributed by atoms with Crippen LogP contribution < -0.4 is 5.32 Å². The van der Waals surface area contributed by atoms with E-state index in [1.54, 1.807) is 24.4 Å². The lowest BCUT2D eigenvalue weighted by Gasteiger charge is -2.20. The summed E-state index contributed by atoms with van der Waals surface area (Å²) >= 11 is 0. The van der Waals surface area contributed by atoms with Crippen molar-refractivity contribution in [1.82, 2.24) is 14.8 Å². The lowest BCUT2D eigenvalue weighted by atomic mass is 9.98. The van der Waals surface area contributed by atoms with Crippen molar-refractivity contribution in [2.45, 2.75) is 25.3 Å². The van der Waals surface area contributed by atoms with E-state index in [1.807, 2.05) is 0 Å². The number of carbonyl (C=O) groups is 1.